The molecule has 0 radical (unpaired) electrons. The number of aromatic nitrogens is 2. The third-order valence-electron chi connectivity index (χ3n) is 11.0. The van der Waals surface area contributed by atoms with Crippen LogP contribution in [0.25, 0.3) is 11.0 Å². The van der Waals surface area contributed by atoms with Gasteiger partial charge in [-0.3, -0.25) is 9.59 Å². The number of nitrogens with zero attached hydrogens (tertiary/aromatic N) is 3. The Morgan fingerprint density at radius 3 is 2.51 bits per heavy atom. The molecule has 3 heterocycles. The Labute approximate surface area is 287 Å². The second kappa shape index (κ2) is 14.0. The molecule has 268 valence electrons. The number of hydrogen-bond acceptors (Lipinski definition) is 8. The molecule has 3 fully saturated rings. The molecular formula is C37H50F2N4O6. The number of ether oxygens (including phenoxy) is 3. The van der Waals surface area contributed by atoms with E-state index in [2.05, 4.69) is 10.1 Å². The fraction of sp³-hybridized carbons (Fsp3) is 0.703. The number of alkyl carbamates (subject to hydrolysis) is 1. The van der Waals surface area contributed by atoms with Crippen molar-refractivity contribution < 1.29 is 37.4 Å². The molecule has 6 rings (SSSR count). The average Bonchev–Trinajstić information content (AvgIpc) is 3.57. The SMILES string of the molecule is CCC1C2CN(C(=O)C(C(C)(C)C)NC(=O)OC3CC4CC4C3CCCCCc3nc4ccc(OC(F)F)cc4nc3O2)C1C(=O)C(C)C. The summed E-state index contributed by atoms with van der Waals surface area (Å²) in [7, 11) is 0. The number of benzene rings is 1. The fourth-order valence-corrected chi connectivity index (χ4v) is 8.36. The zero-order valence-electron chi connectivity index (χ0n) is 29.4. The zero-order chi connectivity index (χ0) is 35.2. The highest BCUT2D eigenvalue weighted by Gasteiger charge is 2.55. The summed E-state index contributed by atoms with van der Waals surface area (Å²) in [4.78, 5) is 53.1. The number of Topliss-reactive ketones (excluding diaryl/α,β-unsaturated/α-hetero) is 1. The molecule has 2 aromatic rings. The van der Waals surface area contributed by atoms with Crippen molar-refractivity contribution in [1.29, 1.82) is 0 Å². The van der Waals surface area contributed by atoms with Crippen molar-refractivity contribution in [2.75, 3.05) is 6.54 Å². The molecule has 1 aromatic heterocycles. The van der Waals surface area contributed by atoms with E-state index in [4.69, 9.17) is 19.4 Å². The third kappa shape index (κ3) is 7.48. The van der Waals surface area contributed by atoms with Crippen molar-refractivity contribution in [3.8, 4) is 11.6 Å². The van der Waals surface area contributed by atoms with E-state index in [9.17, 15) is 23.2 Å². The molecule has 49 heavy (non-hydrogen) atoms. The molecule has 4 aliphatic rings. The number of ketones is 1. The van der Waals surface area contributed by atoms with Gasteiger partial charge in [-0.2, -0.15) is 8.78 Å². The van der Waals surface area contributed by atoms with E-state index in [0.29, 0.717) is 47.3 Å². The first-order chi connectivity index (χ1) is 23.2. The highest BCUT2D eigenvalue weighted by atomic mass is 19.3. The van der Waals surface area contributed by atoms with Gasteiger partial charge in [-0.05, 0) is 73.8 Å². The van der Waals surface area contributed by atoms with E-state index in [1.165, 1.54) is 18.6 Å². The lowest BCUT2D eigenvalue weighted by atomic mass is 9.84. The maximum atomic E-state index is 14.6. The summed E-state index contributed by atoms with van der Waals surface area (Å²) >= 11 is 0. The average molecular weight is 685 g/mol. The van der Waals surface area contributed by atoms with Gasteiger partial charge in [0, 0.05) is 17.9 Å². The first-order valence-electron chi connectivity index (χ1n) is 18.0. The van der Waals surface area contributed by atoms with Gasteiger partial charge in [0.05, 0.1) is 23.6 Å². The van der Waals surface area contributed by atoms with Crippen LogP contribution in [0, 0.1) is 35.0 Å². The summed E-state index contributed by atoms with van der Waals surface area (Å²) in [5.41, 5.74) is 0.833. The van der Waals surface area contributed by atoms with E-state index in [0.717, 1.165) is 32.1 Å². The number of hydrogen-bond donors (Lipinski definition) is 1. The number of amides is 2. The molecule has 0 spiro atoms. The standard InChI is InChI=1S/C37H50F2N4O6/c1-7-22-29-18-43(30(22)31(44)19(2)3)34(45)32(37(4,5)6)42-36(46)49-28-16-20-15-24(20)23(28)11-9-8-10-12-26-33(48-29)41-27-17-21(47-35(38)39)13-14-25(27)40-26/h13-14,17,19-20,22-24,28-30,32,35H,7-12,15-16,18H2,1-6H3,(H,42,46). The van der Waals surface area contributed by atoms with Crippen LogP contribution in [0.5, 0.6) is 11.6 Å². The lowest BCUT2D eigenvalue weighted by molar-refractivity contribution is -0.143. The van der Waals surface area contributed by atoms with E-state index >= 15 is 0 Å². The predicted molar refractivity (Wildman–Crippen MR) is 178 cm³/mol. The molecule has 8 unspecified atom stereocenters. The summed E-state index contributed by atoms with van der Waals surface area (Å²) in [5, 5.41) is 2.92. The Balaban J connectivity index is 1.40. The number of carbonyl (C=O) groups excluding carboxylic acids is 3. The van der Waals surface area contributed by atoms with Gasteiger partial charge in [-0.25, -0.2) is 14.8 Å². The molecule has 2 saturated carbocycles. The van der Waals surface area contributed by atoms with Gasteiger partial charge in [0.25, 0.3) is 0 Å². The molecular weight excluding hydrogens is 634 g/mol. The van der Waals surface area contributed by atoms with Crippen LogP contribution < -0.4 is 14.8 Å². The molecule has 2 amide bonds. The normalized spacial score (nSPS) is 30.9. The Bertz CT molecular complexity index is 1560. The number of alkyl halides is 2. The van der Waals surface area contributed by atoms with Gasteiger partial charge in [-0.15, -0.1) is 0 Å². The largest absolute Gasteiger partial charge is 0.471 e. The second-order valence-corrected chi connectivity index (χ2v) is 15.8. The number of carbonyl (C=O) groups is 3. The second-order valence-electron chi connectivity index (χ2n) is 15.8. The molecule has 8 atom stereocenters. The smallest absolute Gasteiger partial charge is 0.408 e. The summed E-state index contributed by atoms with van der Waals surface area (Å²) in [6.45, 7) is 8.38. The molecule has 1 N–H and O–H groups in total. The lowest BCUT2D eigenvalue weighted by Crippen LogP contribution is -2.58. The minimum atomic E-state index is -2.98. The molecule has 2 aliphatic heterocycles. The molecule has 12 heteroatoms. The zero-order valence-corrected chi connectivity index (χ0v) is 29.4. The van der Waals surface area contributed by atoms with Crippen LogP contribution in [-0.4, -0.2) is 70.1 Å². The Morgan fingerprint density at radius 2 is 1.82 bits per heavy atom. The van der Waals surface area contributed by atoms with Crippen LogP contribution >= 0.6 is 0 Å². The van der Waals surface area contributed by atoms with Crippen molar-refractivity contribution in [2.45, 2.75) is 124 Å². The van der Waals surface area contributed by atoms with E-state index < -0.39 is 36.3 Å². The Morgan fingerprint density at radius 1 is 1.04 bits per heavy atom. The quantitative estimate of drug-likeness (QED) is 0.369. The van der Waals surface area contributed by atoms with Crippen molar-refractivity contribution in [3.05, 3.63) is 23.9 Å². The minimum absolute atomic E-state index is 0.0361. The van der Waals surface area contributed by atoms with Crippen molar-refractivity contribution in [3.63, 3.8) is 0 Å². The lowest BCUT2D eigenvalue weighted by Gasteiger charge is -2.36. The predicted octanol–water partition coefficient (Wildman–Crippen LogP) is 6.72. The van der Waals surface area contributed by atoms with E-state index in [1.54, 1.807) is 11.0 Å². The summed E-state index contributed by atoms with van der Waals surface area (Å²) in [6, 6.07) is 2.75. The maximum absolute atomic E-state index is 14.6. The Hall–Kier alpha value is -3.57. The van der Waals surface area contributed by atoms with Crippen LogP contribution in [-0.2, 0) is 20.7 Å². The Kier molecular flexibility index (Phi) is 10.1. The monoisotopic (exact) mass is 684 g/mol. The van der Waals surface area contributed by atoms with Gasteiger partial charge >= 0.3 is 12.7 Å². The fourth-order valence-electron chi connectivity index (χ4n) is 8.36. The van der Waals surface area contributed by atoms with Crippen molar-refractivity contribution in [2.24, 2.45) is 35.0 Å². The first-order valence-corrected chi connectivity index (χ1v) is 18.0. The van der Waals surface area contributed by atoms with Gasteiger partial charge in [0.1, 0.15) is 29.7 Å². The molecule has 2 aliphatic carbocycles. The molecule has 1 aromatic carbocycles. The van der Waals surface area contributed by atoms with Gasteiger partial charge < -0.3 is 24.4 Å². The van der Waals surface area contributed by atoms with Crippen molar-refractivity contribution in [1.82, 2.24) is 20.2 Å². The third-order valence-corrected chi connectivity index (χ3v) is 11.0. The van der Waals surface area contributed by atoms with Crippen LogP contribution in [0.2, 0.25) is 0 Å². The number of rotatable bonds is 5. The number of halogens is 2. The van der Waals surface area contributed by atoms with Gasteiger partial charge in [-0.1, -0.05) is 54.4 Å². The summed E-state index contributed by atoms with van der Waals surface area (Å²) < 4.78 is 43.4. The first kappa shape index (κ1) is 35.3. The van der Waals surface area contributed by atoms with Gasteiger partial charge in [0.2, 0.25) is 11.8 Å². The van der Waals surface area contributed by atoms with Crippen molar-refractivity contribution >= 4 is 28.8 Å². The number of nitrogens with one attached hydrogen (secondary N) is 1. The highest BCUT2D eigenvalue weighted by molar-refractivity contribution is 5.94. The van der Waals surface area contributed by atoms with E-state index in [1.807, 2.05) is 41.5 Å². The highest BCUT2D eigenvalue weighted by Crippen LogP contribution is 2.57. The summed E-state index contributed by atoms with van der Waals surface area (Å²) in [5.74, 6) is 0.523. The van der Waals surface area contributed by atoms with Crippen LogP contribution in [0.4, 0.5) is 13.6 Å². The molecule has 2 bridgehead atoms. The summed E-state index contributed by atoms with van der Waals surface area (Å²) in [6.07, 6.45) is 5.45. The van der Waals surface area contributed by atoms with Gasteiger partial charge in [0.15, 0.2) is 5.78 Å². The molecule has 1 saturated heterocycles. The van der Waals surface area contributed by atoms with E-state index in [-0.39, 0.29) is 47.8 Å². The number of fused-ring (bicyclic) bond motifs is 7. The minimum Gasteiger partial charge on any atom is -0.471 e. The topological polar surface area (TPSA) is 120 Å². The maximum Gasteiger partial charge on any atom is 0.408 e. The van der Waals surface area contributed by atoms with Crippen LogP contribution in [0.1, 0.15) is 92.2 Å². The molecule has 10 nitrogen and oxygen atoms in total. The number of aryl methyl sites for hydroxylation is 1. The van der Waals surface area contributed by atoms with Crippen LogP contribution in [0.3, 0.4) is 0 Å². The van der Waals surface area contributed by atoms with Crippen LogP contribution in [0.15, 0.2) is 18.2 Å².